The van der Waals surface area contributed by atoms with E-state index in [-0.39, 0.29) is 4.90 Å². The van der Waals surface area contributed by atoms with Gasteiger partial charge in [0, 0.05) is 24.6 Å². The van der Waals surface area contributed by atoms with Gasteiger partial charge in [0.15, 0.2) is 0 Å². The fourth-order valence-corrected chi connectivity index (χ4v) is 2.37. The first-order valence-corrected chi connectivity index (χ1v) is 7.26. The number of anilines is 1. The summed E-state index contributed by atoms with van der Waals surface area (Å²) in [5.41, 5.74) is 1.84. The van der Waals surface area contributed by atoms with Gasteiger partial charge in [-0.15, -0.1) is 0 Å². The second kappa shape index (κ2) is 5.81. The minimum atomic E-state index is -3.40. The normalized spacial score (nSPS) is 11.2. The summed E-state index contributed by atoms with van der Waals surface area (Å²) < 4.78 is 25.7. The number of rotatable bonds is 5. The van der Waals surface area contributed by atoms with Crippen molar-refractivity contribution in [2.45, 2.75) is 11.4 Å². The summed E-state index contributed by atoms with van der Waals surface area (Å²) in [4.78, 5) is 4.19. The Morgan fingerprint density at radius 2 is 1.89 bits per heavy atom. The SMILES string of the molecule is CNS(=O)(=O)c1cccc(NCc2ccncc2)c1. The van der Waals surface area contributed by atoms with Crippen LogP contribution in [0.1, 0.15) is 5.56 Å². The molecule has 0 saturated heterocycles. The van der Waals surface area contributed by atoms with Crippen molar-refractivity contribution < 1.29 is 8.42 Å². The summed E-state index contributed by atoms with van der Waals surface area (Å²) in [5, 5.41) is 3.18. The summed E-state index contributed by atoms with van der Waals surface area (Å²) in [6.45, 7) is 0.617. The van der Waals surface area contributed by atoms with E-state index in [0.717, 1.165) is 11.3 Å². The van der Waals surface area contributed by atoms with E-state index in [4.69, 9.17) is 0 Å². The van der Waals surface area contributed by atoms with Crippen molar-refractivity contribution in [3.8, 4) is 0 Å². The zero-order valence-corrected chi connectivity index (χ0v) is 11.3. The van der Waals surface area contributed by atoms with Crippen LogP contribution in [0.15, 0.2) is 53.7 Å². The number of pyridine rings is 1. The Kier molecular flexibility index (Phi) is 4.13. The van der Waals surface area contributed by atoms with Crippen LogP contribution in [0.5, 0.6) is 0 Å². The van der Waals surface area contributed by atoms with Gasteiger partial charge in [0.2, 0.25) is 10.0 Å². The van der Waals surface area contributed by atoms with Gasteiger partial charge in [0.1, 0.15) is 0 Å². The van der Waals surface area contributed by atoms with Crippen molar-refractivity contribution in [3.05, 3.63) is 54.4 Å². The number of aromatic nitrogens is 1. The number of hydrogen-bond acceptors (Lipinski definition) is 4. The molecule has 1 aromatic carbocycles. The van der Waals surface area contributed by atoms with Gasteiger partial charge in [-0.25, -0.2) is 13.1 Å². The molecule has 0 aliphatic carbocycles. The molecular formula is C13H15N3O2S. The molecule has 0 aliphatic heterocycles. The van der Waals surface area contributed by atoms with Gasteiger partial charge in [-0.3, -0.25) is 4.98 Å². The second-order valence-electron chi connectivity index (χ2n) is 3.94. The zero-order valence-electron chi connectivity index (χ0n) is 10.5. The molecule has 6 heteroatoms. The minimum absolute atomic E-state index is 0.245. The van der Waals surface area contributed by atoms with Gasteiger partial charge in [0.25, 0.3) is 0 Å². The lowest BCUT2D eigenvalue weighted by atomic mass is 10.2. The van der Waals surface area contributed by atoms with E-state index in [1.165, 1.54) is 7.05 Å². The summed E-state index contributed by atoms with van der Waals surface area (Å²) >= 11 is 0. The maximum absolute atomic E-state index is 11.7. The lowest BCUT2D eigenvalue weighted by molar-refractivity contribution is 0.588. The number of sulfonamides is 1. The maximum Gasteiger partial charge on any atom is 0.240 e. The molecular weight excluding hydrogens is 262 g/mol. The van der Waals surface area contributed by atoms with E-state index >= 15 is 0 Å². The fourth-order valence-electron chi connectivity index (χ4n) is 1.60. The zero-order chi connectivity index (χ0) is 13.7. The van der Waals surface area contributed by atoms with E-state index < -0.39 is 10.0 Å². The molecule has 0 amide bonds. The molecule has 1 aromatic heterocycles. The molecule has 0 saturated carbocycles. The molecule has 0 radical (unpaired) electrons. The quantitative estimate of drug-likeness (QED) is 0.871. The Bertz CT molecular complexity index is 642. The molecule has 19 heavy (non-hydrogen) atoms. The number of nitrogens with zero attached hydrogens (tertiary/aromatic N) is 1. The summed E-state index contributed by atoms with van der Waals surface area (Å²) in [5.74, 6) is 0. The van der Waals surface area contributed by atoms with Gasteiger partial charge in [0.05, 0.1) is 4.90 Å². The minimum Gasteiger partial charge on any atom is -0.381 e. The third-order valence-corrected chi connectivity index (χ3v) is 4.07. The van der Waals surface area contributed by atoms with Crippen LogP contribution in [0.4, 0.5) is 5.69 Å². The Labute approximate surface area is 112 Å². The highest BCUT2D eigenvalue weighted by Crippen LogP contribution is 2.15. The van der Waals surface area contributed by atoms with Crippen LogP contribution in [-0.4, -0.2) is 20.4 Å². The first-order valence-electron chi connectivity index (χ1n) is 5.78. The predicted molar refractivity (Wildman–Crippen MR) is 74.3 cm³/mol. The van der Waals surface area contributed by atoms with Crippen molar-refractivity contribution >= 4 is 15.7 Å². The first-order chi connectivity index (χ1) is 9.12. The molecule has 0 atom stereocenters. The number of benzene rings is 1. The fraction of sp³-hybridized carbons (Fsp3) is 0.154. The molecule has 100 valence electrons. The molecule has 0 bridgehead atoms. The van der Waals surface area contributed by atoms with Gasteiger partial charge < -0.3 is 5.32 Å². The van der Waals surface area contributed by atoms with E-state index in [1.54, 1.807) is 30.6 Å². The maximum atomic E-state index is 11.7. The Hall–Kier alpha value is -1.92. The van der Waals surface area contributed by atoms with Crippen LogP contribution in [0.2, 0.25) is 0 Å². The Morgan fingerprint density at radius 1 is 1.16 bits per heavy atom. The van der Waals surface area contributed by atoms with Crippen LogP contribution in [-0.2, 0) is 16.6 Å². The van der Waals surface area contributed by atoms with Crippen LogP contribution < -0.4 is 10.0 Å². The van der Waals surface area contributed by atoms with Gasteiger partial charge >= 0.3 is 0 Å². The van der Waals surface area contributed by atoms with E-state index in [0.29, 0.717) is 6.54 Å². The largest absolute Gasteiger partial charge is 0.381 e. The number of nitrogens with one attached hydrogen (secondary N) is 2. The molecule has 2 rings (SSSR count). The van der Waals surface area contributed by atoms with Crippen LogP contribution in [0.25, 0.3) is 0 Å². The highest BCUT2D eigenvalue weighted by Gasteiger charge is 2.10. The average Bonchev–Trinajstić information content (AvgIpc) is 2.46. The Morgan fingerprint density at radius 3 is 2.58 bits per heavy atom. The lowest BCUT2D eigenvalue weighted by Gasteiger charge is -2.08. The summed E-state index contributed by atoms with van der Waals surface area (Å²) in [6.07, 6.45) is 3.44. The van der Waals surface area contributed by atoms with Crippen molar-refractivity contribution in [2.75, 3.05) is 12.4 Å². The standard InChI is InChI=1S/C13H15N3O2S/c1-14-19(17,18)13-4-2-3-12(9-13)16-10-11-5-7-15-8-6-11/h2-9,14,16H,10H2,1H3. The van der Waals surface area contributed by atoms with Crippen LogP contribution in [0.3, 0.4) is 0 Å². The highest BCUT2D eigenvalue weighted by atomic mass is 32.2. The topological polar surface area (TPSA) is 71.1 Å². The number of hydrogen-bond donors (Lipinski definition) is 2. The van der Waals surface area contributed by atoms with Crippen molar-refractivity contribution in [1.82, 2.24) is 9.71 Å². The molecule has 1 heterocycles. The molecule has 5 nitrogen and oxygen atoms in total. The smallest absolute Gasteiger partial charge is 0.240 e. The molecule has 0 fully saturated rings. The molecule has 2 aromatic rings. The van der Waals surface area contributed by atoms with E-state index in [2.05, 4.69) is 15.0 Å². The molecule has 2 N–H and O–H groups in total. The molecule has 0 spiro atoms. The highest BCUT2D eigenvalue weighted by molar-refractivity contribution is 7.89. The van der Waals surface area contributed by atoms with Gasteiger partial charge in [-0.05, 0) is 42.9 Å². The molecule has 0 aliphatic rings. The van der Waals surface area contributed by atoms with E-state index in [9.17, 15) is 8.42 Å². The lowest BCUT2D eigenvalue weighted by Crippen LogP contribution is -2.18. The average molecular weight is 277 g/mol. The first kappa shape index (κ1) is 13.5. The molecule has 0 unspecified atom stereocenters. The van der Waals surface area contributed by atoms with Crippen molar-refractivity contribution in [1.29, 1.82) is 0 Å². The summed E-state index contributed by atoms with van der Waals surface area (Å²) in [7, 11) is -2.01. The van der Waals surface area contributed by atoms with Crippen LogP contribution in [0, 0.1) is 0 Å². The predicted octanol–water partition coefficient (Wildman–Crippen LogP) is 1.60. The summed E-state index contributed by atoms with van der Waals surface area (Å²) in [6, 6.07) is 10.5. The van der Waals surface area contributed by atoms with Gasteiger partial charge in [-0.2, -0.15) is 0 Å². The van der Waals surface area contributed by atoms with E-state index in [1.807, 2.05) is 18.2 Å². The van der Waals surface area contributed by atoms with Gasteiger partial charge in [-0.1, -0.05) is 6.07 Å². The second-order valence-corrected chi connectivity index (χ2v) is 5.83. The third kappa shape index (κ3) is 3.52. The monoisotopic (exact) mass is 277 g/mol. The third-order valence-electron chi connectivity index (χ3n) is 2.66. The van der Waals surface area contributed by atoms with Crippen molar-refractivity contribution in [3.63, 3.8) is 0 Å². The Balaban J connectivity index is 2.12. The van der Waals surface area contributed by atoms with Crippen LogP contribution >= 0.6 is 0 Å². The van der Waals surface area contributed by atoms with Crippen molar-refractivity contribution in [2.24, 2.45) is 0 Å².